The van der Waals surface area contributed by atoms with E-state index in [0.717, 1.165) is 0 Å². The summed E-state index contributed by atoms with van der Waals surface area (Å²) in [5, 5.41) is 0.163. The monoisotopic (exact) mass is 177 g/mol. The fraction of sp³-hybridized carbons (Fsp3) is 0.400. The predicted octanol–water partition coefficient (Wildman–Crippen LogP) is 0.604. The van der Waals surface area contributed by atoms with Gasteiger partial charge in [-0.05, 0) is 6.92 Å². The molecule has 5 heteroatoms. The van der Waals surface area contributed by atoms with Crippen LogP contribution in [0.5, 0.6) is 0 Å². The molecule has 0 radical (unpaired) electrons. The highest BCUT2D eigenvalue weighted by molar-refractivity contribution is 8.10. The number of thiol groups is 1. The van der Waals surface area contributed by atoms with Crippen molar-refractivity contribution in [2.24, 2.45) is 4.99 Å². The van der Waals surface area contributed by atoms with E-state index in [1.54, 1.807) is 0 Å². The molecular formula is C5H7NO2S2. The SMILES string of the molecule is CC1=NC=C(CS)S1(=O)=O. The molecule has 0 spiro atoms. The van der Waals surface area contributed by atoms with Crippen molar-refractivity contribution < 1.29 is 8.42 Å². The first kappa shape index (κ1) is 7.81. The Labute approximate surface area is 65.2 Å². The number of sulfone groups is 1. The molecule has 0 aromatic carbocycles. The van der Waals surface area contributed by atoms with Gasteiger partial charge in [0.2, 0.25) is 9.84 Å². The molecule has 1 heterocycles. The van der Waals surface area contributed by atoms with Crippen LogP contribution in [0.3, 0.4) is 0 Å². The Morgan fingerprint density at radius 1 is 1.70 bits per heavy atom. The third-order valence-corrected chi connectivity index (χ3v) is 3.66. The van der Waals surface area contributed by atoms with E-state index in [2.05, 4.69) is 17.6 Å². The molecule has 0 saturated heterocycles. The minimum Gasteiger partial charge on any atom is -0.248 e. The van der Waals surface area contributed by atoms with Gasteiger partial charge in [0.1, 0.15) is 5.04 Å². The number of hydrogen-bond donors (Lipinski definition) is 1. The maximum atomic E-state index is 11.1. The average Bonchev–Trinajstić information content (AvgIpc) is 2.10. The zero-order valence-corrected chi connectivity index (χ0v) is 7.11. The summed E-state index contributed by atoms with van der Waals surface area (Å²) in [5.74, 6) is 0.225. The van der Waals surface area contributed by atoms with Crippen LogP contribution in [0.25, 0.3) is 0 Å². The third-order valence-electron chi connectivity index (χ3n) is 1.28. The van der Waals surface area contributed by atoms with E-state index in [9.17, 15) is 8.42 Å². The van der Waals surface area contributed by atoms with E-state index in [-0.39, 0.29) is 15.7 Å². The van der Waals surface area contributed by atoms with Gasteiger partial charge in [-0.25, -0.2) is 13.4 Å². The second kappa shape index (κ2) is 2.39. The number of nitrogens with zero attached hydrogens (tertiary/aromatic N) is 1. The molecular weight excluding hydrogens is 170 g/mol. The van der Waals surface area contributed by atoms with Gasteiger partial charge in [-0.15, -0.1) is 0 Å². The van der Waals surface area contributed by atoms with E-state index in [0.29, 0.717) is 0 Å². The predicted molar refractivity (Wildman–Crippen MR) is 44.0 cm³/mol. The Kier molecular flexibility index (Phi) is 1.87. The highest BCUT2D eigenvalue weighted by atomic mass is 32.2. The minimum atomic E-state index is -3.18. The fourth-order valence-electron chi connectivity index (χ4n) is 0.617. The van der Waals surface area contributed by atoms with Gasteiger partial charge in [-0.3, -0.25) is 0 Å². The molecule has 0 N–H and O–H groups in total. The summed E-state index contributed by atoms with van der Waals surface area (Å²) in [4.78, 5) is 3.94. The summed E-state index contributed by atoms with van der Waals surface area (Å²) in [6.07, 6.45) is 1.34. The van der Waals surface area contributed by atoms with E-state index in [1.165, 1.54) is 13.1 Å². The summed E-state index contributed by atoms with van der Waals surface area (Å²) < 4.78 is 22.2. The molecule has 0 bridgehead atoms. The smallest absolute Gasteiger partial charge is 0.218 e. The quantitative estimate of drug-likeness (QED) is 0.596. The van der Waals surface area contributed by atoms with Crippen LogP contribution in [-0.2, 0) is 9.84 Å². The molecule has 0 saturated carbocycles. The summed E-state index contributed by atoms with van der Waals surface area (Å²) in [6.45, 7) is 1.47. The maximum absolute atomic E-state index is 11.1. The molecule has 0 atom stereocenters. The summed E-state index contributed by atoms with van der Waals surface area (Å²) in [6, 6.07) is 0. The van der Waals surface area contributed by atoms with Crippen molar-refractivity contribution in [3.05, 3.63) is 11.1 Å². The molecule has 0 aliphatic carbocycles. The second-order valence-electron chi connectivity index (χ2n) is 1.91. The van der Waals surface area contributed by atoms with Crippen molar-refractivity contribution in [3.8, 4) is 0 Å². The largest absolute Gasteiger partial charge is 0.248 e. The van der Waals surface area contributed by atoms with Crippen LogP contribution in [0, 0.1) is 0 Å². The fourth-order valence-corrected chi connectivity index (χ4v) is 2.14. The summed E-state index contributed by atoms with van der Waals surface area (Å²) >= 11 is 3.85. The van der Waals surface area contributed by atoms with E-state index in [1.807, 2.05) is 0 Å². The van der Waals surface area contributed by atoms with Crippen LogP contribution in [-0.4, -0.2) is 19.2 Å². The average molecular weight is 177 g/mol. The summed E-state index contributed by atoms with van der Waals surface area (Å²) in [7, 11) is -3.18. The molecule has 0 aromatic rings. The lowest BCUT2D eigenvalue weighted by atomic mass is 10.7. The molecule has 0 unspecified atom stereocenters. The summed E-state index contributed by atoms with van der Waals surface area (Å²) in [5.41, 5.74) is 0. The van der Waals surface area contributed by atoms with Gasteiger partial charge >= 0.3 is 0 Å². The van der Waals surface area contributed by atoms with Crippen LogP contribution in [0.4, 0.5) is 0 Å². The van der Waals surface area contributed by atoms with Crippen molar-refractivity contribution >= 4 is 27.5 Å². The van der Waals surface area contributed by atoms with Gasteiger partial charge < -0.3 is 0 Å². The maximum Gasteiger partial charge on any atom is 0.218 e. The molecule has 0 fully saturated rings. The molecule has 0 aromatic heterocycles. The molecule has 3 nitrogen and oxygen atoms in total. The highest BCUT2D eigenvalue weighted by Crippen LogP contribution is 2.17. The van der Waals surface area contributed by atoms with E-state index >= 15 is 0 Å². The Morgan fingerprint density at radius 3 is 2.50 bits per heavy atom. The molecule has 1 rings (SSSR count). The number of hydrogen-bond acceptors (Lipinski definition) is 4. The molecule has 56 valence electrons. The van der Waals surface area contributed by atoms with Gasteiger partial charge in [0.15, 0.2) is 0 Å². The van der Waals surface area contributed by atoms with E-state index in [4.69, 9.17) is 0 Å². The Hall–Kier alpha value is -0.290. The lowest BCUT2D eigenvalue weighted by molar-refractivity contribution is 0.613. The van der Waals surface area contributed by atoms with Crippen molar-refractivity contribution in [2.75, 3.05) is 5.75 Å². The normalized spacial score (nSPS) is 22.2. The van der Waals surface area contributed by atoms with Gasteiger partial charge in [0, 0.05) is 12.0 Å². The Morgan fingerprint density at radius 2 is 2.30 bits per heavy atom. The van der Waals surface area contributed by atoms with Crippen LogP contribution in [0.15, 0.2) is 16.1 Å². The zero-order chi connectivity index (χ0) is 7.78. The van der Waals surface area contributed by atoms with E-state index < -0.39 is 9.84 Å². The van der Waals surface area contributed by atoms with Crippen molar-refractivity contribution in [1.82, 2.24) is 0 Å². The Bertz CT molecular complexity index is 300. The highest BCUT2D eigenvalue weighted by Gasteiger charge is 2.24. The first-order chi connectivity index (χ1) is 4.59. The second-order valence-corrected chi connectivity index (χ2v) is 4.34. The van der Waals surface area contributed by atoms with Crippen LogP contribution >= 0.6 is 12.6 Å². The first-order valence-corrected chi connectivity index (χ1v) is 4.80. The van der Waals surface area contributed by atoms with Crippen molar-refractivity contribution in [2.45, 2.75) is 6.92 Å². The lowest BCUT2D eigenvalue weighted by Crippen LogP contribution is -2.09. The van der Waals surface area contributed by atoms with Gasteiger partial charge in [-0.2, -0.15) is 12.6 Å². The van der Waals surface area contributed by atoms with Crippen LogP contribution in [0.1, 0.15) is 6.92 Å². The molecule has 0 amide bonds. The van der Waals surface area contributed by atoms with Gasteiger partial charge in [-0.1, -0.05) is 0 Å². The van der Waals surface area contributed by atoms with Crippen LogP contribution < -0.4 is 0 Å². The van der Waals surface area contributed by atoms with Gasteiger partial charge in [0.05, 0.1) is 4.91 Å². The minimum absolute atomic E-state index is 0.163. The van der Waals surface area contributed by atoms with Crippen molar-refractivity contribution in [3.63, 3.8) is 0 Å². The molecule has 1 aliphatic rings. The lowest BCUT2D eigenvalue weighted by Gasteiger charge is -1.95. The van der Waals surface area contributed by atoms with Crippen molar-refractivity contribution in [1.29, 1.82) is 0 Å². The Balaban J connectivity index is 3.14. The number of rotatable bonds is 1. The topological polar surface area (TPSA) is 46.5 Å². The van der Waals surface area contributed by atoms with Crippen LogP contribution in [0.2, 0.25) is 0 Å². The standard InChI is InChI=1S/C5H7NO2S2/c1-4-6-2-5(3-9)10(4,7)8/h2,9H,3H2,1H3. The first-order valence-electron chi connectivity index (χ1n) is 2.68. The molecule has 10 heavy (non-hydrogen) atoms. The number of aliphatic imine (C=N–C) groups is 1. The zero-order valence-electron chi connectivity index (χ0n) is 5.40. The molecule has 1 aliphatic heterocycles. The van der Waals surface area contributed by atoms with Gasteiger partial charge in [0.25, 0.3) is 0 Å². The third kappa shape index (κ3) is 0.992.